The molecule has 2 amide bonds. The Kier molecular flexibility index (Phi) is 5.67. The minimum Gasteiger partial charge on any atom is -0.497 e. The van der Waals surface area contributed by atoms with Crippen molar-refractivity contribution in [3.8, 4) is 17.6 Å². The summed E-state index contributed by atoms with van der Waals surface area (Å²) >= 11 is 0. The van der Waals surface area contributed by atoms with Gasteiger partial charge in [-0.2, -0.15) is 5.26 Å². The van der Waals surface area contributed by atoms with Crippen molar-refractivity contribution < 1.29 is 14.3 Å². The van der Waals surface area contributed by atoms with Gasteiger partial charge < -0.3 is 24.6 Å². The van der Waals surface area contributed by atoms with Gasteiger partial charge in [-0.25, -0.2) is 4.79 Å². The number of rotatable bonds is 4. The Balaban J connectivity index is 1.59. The van der Waals surface area contributed by atoms with Crippen LogP contribution >= 0.6 is 0 Å². The van der Waals surface area contributed by atoms with Crippen molar-refractivity contribution in [1.82, 2.24) is 4.90 Å². The number of nitrogens with zero attached hydrogens (tertiary/aromatic N) is 3. The van der Waals surface area contributed by atoms with Gasteiger partial charge >= 0.3 is 6.03 Å². The highest BCUT2D eigenvalue weighted by Crippen LogP contribution is 2.32. The number of amides is 2. The van der Waals surface area contributed by atoms with Crippen molar-refractivity contribution in [2.24, 2.45) is 0 Å². The number of hydrogen-bond acceptors (Lipinski definition) is 5. The Morgan fingerprint density at radius 3 is 2.33 bits per heavy atom. The van der Waals surface area contributed by atoms with Gasteiger partial charge in [-0.3, -0.25) is 0 Å². The molecule has 2 aromatic carbocycles. The molecule has 140 valence electrons. The highest BCUT2D eigenvalue weighted by molar-refractivity contribution is 5.89. The number of carbonyl (C=O) groups is 1. The largest absolute Gasteiger partial charge is 0.497 e. The van der Waals surface area contributed by atoms with Crippen LogP contribution in [-0.2, 0) is 0 Å². The van der Waals surface area contributed by atoms with Gasteiger partial charge in [-0.05, 0) is 36.4 Å². The van der Waals surface area contributed by atoms with Gasteiger partial charge in [0.15, 0.2) is 0 Å². The summed E-state index contributed by atoms with van der Waals surface area (Å²) in [5.41, 5.74) is 2.23. The van der Waals surface area contributed by atoms with Gasteiger partial charge in [0.25, 0.3) is 0 Å². The standard InChI is InChI=1S/C20H22N4O3/c1-26-17-7-8-18(19(13-17)27-2)23-9-11-24(12-10-23)20(25)22-16-5-3-15(14-21)4-6-16/h3-8,13H,9-12H2,1-2H3,(H,22,25). The lowest BCUT2D eigenvalue weighted by atomic mass is 10.2. The van der Waals surface area contributed by atoms with Crippen LogP contribution in [0.25, 0.3) is 0 Å². The fraction of sp³-hybridized carbons (Fsp3) is 0.300. The first-order valence-electron chi connectivity index (χ1n) is 8.67. The number of ether oxygens (including phenoxy) is 2. The van der Waals surface area contributed by atoms with Crippen LogP contribution < -0.4 is 19.7 Å². The minimum absolute atomic E-state index is 0.138. The number of nitriles is 1. The summed E-state index contributed by atoms with van der Waals surface area (Å²) in [4.78, 5) is 16.4. The lowest BCUT2D eigenvalue weighted by Gasteiger charge is -2.36. The summed E-state index contributed by atoms with van der Waals surface area (Å²) in [6, 6.07) is 14.5. The third-order valence-corrected chi connectivity index (χ3v) is 4.56. The zero-order chi connectivity index (χ0) is 19.2. The average Bonchev–Trinajstić information content (AvgIpc) is 2.73. The number of anilines is 2. The van der Waals surface area contributed by atoms with E-state index in [1.54, 1.807) is 43.4 Å². The Morgan fingerprint density at radius 2 is 1.74 bits per heavy atom. The van der Waals surface area contributed by atoms with Crippen molar-refractivity contribution in [3.63, 3.8) is 0 Å². The molecule has 0 bridgehead atoms. The summed E-state index contributed by atoms with van der Waals surface area (Å²) < 4.78 is 10.7. The molecule has 3 rings (SSSR count). The average molecular weight is 366 g/mol. The molecule has 0 saturated carbocycles. The van der Waals surface area contributed by atoms with Gasteiger partial charge in [0, 0.05) is 37.9 Å². The maximum absolute atomic E-state index is 12.5. The second-order valence-corrected chi connectivity index (χ2v) is 6.13. The first-order chi connectivity index (χ1) is 13.1. The molecule has 0 aliphatic carbocycles. The molecule has 0 aromatic heterocycles. The van der Waals surface area contributed by atoms with Crippen LogP contribution in [-0.4, -0.2) is 51.3 Å². The van der Waals surface area contributed by atoms with Crippen LogP contribution in [0.3, 0.4) is 0 Å². The van der Waals surface area contributed by atoms with Crippen LogP contribution in [0.15, 0.2) is 42.5 Å². The molecule has 1 fully saturated rings. The number of urea groups is 1. The molecule has 0 radical (unpaired) electrons. The van der Waals surface area contributed by atoms with Crippen molar-refractivity contribution in [2.45, 2.75) is 0 Å². The van der Waals surface area contributed by atoms with Crippen LogP contribution in [0, 0.1) is 11.3 Å². The molecule has 1 heterocycles. The van der Waals surface area contributed by atoms with Crippen molar-refractivity contribution in [2.75, 3.05) is 50.6 Å². The molecule has 27 heavy (non-hydrogen) atoms. The van der Waals surface area contributed by atoms with E-state index in [0.717, 1.165) is 17.2 Å². The fourth-order valence-corrected chi connectivity index (χ4v) is 3.03. The number of hydrogen-bond donors (Lipinski definition) is 1. The molecule has 1 aliphatic rings. The number of carbonyl (C=O) groups excluding carboxylic acids is 1. The summed E-state index contributed by atoms with van der Waals surface area (Å²) in [6.07, 6.45) is 0. The number of benzene rings is 2. The molecule has 0 atom stereocenters. The van der Waals surface area contributed by atoms with E-state index in [9.17, 15) is 4.79 Å². The Labute approximate surface area is 158 Å². The van der Waals surface area contributed by atoms with Gasteiger partial charge in [-0.15, -0.1) is 0 Å². The molecule has 0 unspecified atom stereocenters. The molecule has 0 spiro atoms. The molecule has 7 heteroatoms. The second-order valence-electron chi connectivity index (χ2n) is 6.13. The zero-order valence-corrected chi connectivity index (χ0v) is 15.4. The van der Waals surface area contributed by atoms with E-state index in [1.165, 1.54) is 0 Å². The topological polar surface area (TPSA) is 77.8 Å². The zero-order valence-electron chi connectivity index (χ0n) is 15.4. The Hall–Kier alpha value is -3.40. The van der Waals surface area contributed by atoms with Crippen LogP contribution in [0.5, 0.6) is 11.5 Å². The number of methoxy groups -OCH3 is 2. The Morgan fingerprint density at radius 1 is 1.04 bits per heavy atom. The van der Waals surface area contributed by atoms with E-state index < -0.39 is 0 Å². The second kappa shape index (κ2) is 8.32. The maximum Gasteiger partial charge on any atom is 0.321 e. The number of piperazine rings is 1. The summed E-state index contributed by atoms with van der Waals surface area (Å²) in [7, 11) is 3.26. The minimum atomic E-state index is -0.138. The van der Waals surface area contributed by atoms with Crippen molar-refractivity contribution >= 4 is 17.4 Å². The fourth-order valence-electron chi connectivity index (χ4n) is 3.03. The van der Waals surface area contributed by atoms with E-state index in [1.807, 2.05) is 18.2 Å². The van der Waals surface area contributed by atoms with E-state index in [0.29, 0.717) is 37.4 Å². The van der Waals surface area contributed by atoms with Gasteiger partial charge in [0.1, 0.15) is 11.5 Å². The predicted molar refractivity (Wildman–Crippen MR) is 104 cm³/mol. The molecule has 7 nitrogen and oxygen atoms in total. The first-order valence-corrected chi connectivity index (χ1v) is 8.67. The third-order valence-electron chi connectivity index (χ3n) is 4.56. The maximum atomic E-state index is 12.5. The predicted octanol–water partition coefficient (Wildman–Crippen LogP) is 2.93. The summed E-state index contributed by atoms with van der Waals surface area (Å²) in [6.45, 7) is 2.64. The summed E-state index contributed by atoms with van der Waals surface area (Å²) in [5.74, 6) is 1.50. The van der Waals surface area contributed by atoms with Gasteiger partial charge in [0.2, 0.25) is 0 Å². The van der Waals surface area contributed by atoms with Crippen molar-refractivity contribution in [1.29, 1.82) is 5.26 Å². The van der Waals surface area contributed by atoms with E-state index in [-0.39, 0.29) is 6.03 Å². The first kappa shape index (κ1) is 18.4. The number of nitrogens with one attached hydrogen (secondary N) is 1. The molecule has 1 saturated heterocycles. The van der Waals surface area contributed by atoms with Crippen molar-refractivity contribution in [3.05, 3.63) is 48.0 Å². The SMILES string of the molecule is COc1ccc(N2CCN(C(=O)Nc3ccc(C#N)cc3)CC2)c(OC)c1. The normalized spacial score (nSPS) is 13.7. The van der Waals surface area contributed by atoms with Crippen LogP contribution in [0.1, 0.15) is 5.56 Å². The van der Waals surface area contributed by atoms with Crippen LogP contribution in [0.4, 0.5) is 16.2 Å². The van der Waals surface area contributed by atoms with E-state index in [2.05, 4.69) is 16.3 Å². The lowest BCUT2D eigenvalue weighted by molar-refractivity contribution is 0.208. The quantitative estimate of drug-likeness (QED) is 0.900. The monoisotopic (exact) mass is 366 g/mol. The highest BCUT2D eigenvalue weighted by atomic mass is 16.5. The molecular formula is C20H22N4O3. The molecule has 1 N–H and O–H groups in total. The van der Waals surface area contributed by atoms with E-state index in [4.69, 9.17) is 14.7 Å². The smallest absolute Gasteiger partial charge is 0.321 e. The molecular weight excluding hydrogens is 344 g/mol. The van der Waals surface area contributed by atoms with Crippen LogP contribution in [0.2, 0.25) is 0 Å². The summed E-state index contributed by atoms with van der Waals surface area (Å²) in [5, 5.41) is 11.7. The van der Waals surface area contributed by atoms with Gasteiger partial charge in [-0.1, -0.05) is 0 Å². The van der Waals surface area contributed by atoms with Gasteiger partial charge in [0.05, 0.1) is 31.5 Å². The lowest BCUT2D eigenvalue weighted by Crippen LogP contribution is -2.50. The third kappa shape index (κ3) is 4.23. The molecule has 1 aliphatic heterocycles. The molecule has 2 aromatic rings. The Bertz CT molecular complexity index is 837. The van der Waals surface area contributed by atoms with E-state index >= 15 is 0 Å². The highest BCUT2D eigenvalue weighted by Gasteiger charge is 2.23.